The summed E-state index contributed by atoms with van der Waals surface area (Å²) in [5.41, 5.74) is 1.11. The van der Waals surface area contributed by atoms with E-state index in [4.69, 9.17) is 0 Å². The van der Waals surface area contributed by atoms with Crippen molar-refractivity contribution in [2.45, 2.75) is 0 Å². The Hall–Kier alpha value is -0.990. The fourth-order valence-electron chi connectivity index (χ4n) is 0.406. The minimum atomic E-state index is -0.0787. The van der Waals surface area contributed by atoms with Crippen LogP contribution in [0.25, 0.3) is 0 Å². The summed E-state index contributed by atoms with van der Waals surface area (Å²) in [7, 11) is 0. The first-order valence-electron chi connectivity index (χ1n) is 1.61. The first-order valence-corrected chi connectivity index (χ1v) is 1.61. The van der Waals surface area contributed by atoms with Gasteiger partial charge in [-0.25, -0.2) is 0 Å². The molecule has 2 aliphatic heterocycles. The SMILES string of the molecule is O=c1[nH]c2oc1=2. The lowest BCUT2D eigenvalue weighted by Gasteiger charge is -1.59. The van der Waals surface area contributed by atoms with Crippen LogP contribution in [0.5, 0.6) is 0 Å². The largest absolute Gasteiger partial charge is 0.425 e. The van der Waals surface area contributed by atoms with E-state index in [0.717, 1.165) is 0 Å². The third kappa shape index (κ3) is 0.0718. The molecule has 0 fully saturated rings. The molecule has 0 aliphatic carbocycles. The molecule has 0 saturated carbocycles. The minimum Gasteiger partial charge on any atom is -0.425 e. The Kier molecular flexibility index (Phi) is 0.135. The highest BCUT2D eigenvalue weighted by molar-refractivity contribution is 4.89. The summed E-state index contributed by atoms with van der Waals surface area (Å²) in [5.74, 6) is 0. The third-order valence-corrected chi connectivity index (χ3v) is 0.802. The van der Waals surface area contributed by atoms with Gasteiger partial charge in [-0.1, -0.05) is 0 Å². The maximum atomic E-state index is 9.98. The highest BCUT2D eigenvalue weighted by Crippen LogP contribution is 1.96. The molecular formula is C3HNO2. The van der Waals surface area contributed by atoms with Crippen LogP contribution < -0.4 is 5.56 Å². The van der Waals surface area contributed by atoms with Crippen molar-refractivity contribution in [2.24, 2.45) is 0 Å². The monoisotopic (exact) mass is 83.0 g/mol. The normalized spacial score (nSPS) is 12.0. The zero-order chi connectivity index (χ0) is 4.15. The summed E-state index contributed by atoms with van der Waals surface area (Å²) in [6.45, 7) is 0. The topological polar surface area (TPSA) is 46.0 Å². The second-order valence-corrected chi connectivity index (χ2v) is 1.21. The van der Waals surface area contributed by atoms with Crippen molar-refractivity contribution < 1.29 is 4.42 Å². The fourth-order valence-corrected chi connectivity index (χ4v) is 0.406. The Bertz CT molecular complexity index is 304. The van der Waals surface area contributed by atoms with E-state index < -0.39 is 0 Å². The van der Waals surface area contributed by atoms with E-state index in [2.05, 4.69) is 9.40 Å². The van der Waals surface area contributed by atoms with Crippen molar-refractivity contribution in [2.75, 3.05) is 0 Å². The van der Waals surface area contributed by atoms with Gasteiger partial charge in [0.2, 0.25) is 5.55 Å². The molecule has 6 heavy (non-hydrogen) atoms. The van der Waals surface area contributed by atoms with Crippen LogP contribution in [0.3, 0.4) is 0 Å². The predicted octanol–water partition coefficient (Wildman–Crippen LogP) is -0.432. The van der Waals surface area contributed by atoms with Crippen LogP contribution in [0.2, 0.25) is 0 Å². The Morgan fingerprint density at radius 3 is 2.50 bits per heavy atom. The number of rotatable bonds is 0. The van der Waals surface area contributed by atoms with Crippen LogP contribution in [0.1, 0.15) is 0 Å². The van der Waals surface area contributed by atoms with Crippen LogP contribution in [-0.4, -0.2) is 4.98 Å². The Morgan fingerprint density at radius 1 is 1.67 bits per heavy atom. The molecule has 3 heteroatoms. The van der Waals surface area contributed by atoms with Crippen molar-refractivity contribution in [1.82, 2.24) is 4.98 Å². The summed E-state index contributed by atoms with van der Waals surface area (Å²) < 4.78 is 4.51. The lowest BCUT2D eigenvalue weighted by atomic mass is 10.7. The maximum Gasteiger partial charge on any atom is 0.299 e. The quantitative estimate of drug-likeness (QED) is 0.469. The first-order chi connectivity index (χ1) is 2.88. The van der Waals surface area contributed by atoms with Crippen molar-refractivity contribution in [1.29, 1.82) is 0 Å². The average molecular weight is 83.0 g/mol. The molecule has 0 saturated heterocycles. The Labute approximate surface area is 31.9 Å². The number of hydrogen-bond donors (Lipinski definition) is 1. The van der Waals surface area contributed by atoms with Crippen LogP contribution >= 0.6 is 0 Å². The molecule has 0 radical (unpaired) electrons. The molecule has 0 spiro atoms. The molecule has 0 bridgehead atoms. The van der Waals surface area contributed by atoms with E-state index in [-0.39, 0.29) is 5.56 Å². The van der Waals surface area contributed by atoms with Crippen LogP contribution in [0.4, 0.5) is 0 Å². The molecule has 0 amide bonds. The fraction of sp³-hybridized carbons (Fsp3) is 0. The van der Waals surface area contributed by atoms with Gasteiger partial charge < -0.3 is 4.42 Å². The molecule has 2 heterocycles. The van der Waals surface area contributed by atoms with E-state index >= 15 is 0 Å². The van der Waals surface area contributed by atoms with Gasteiger partial charge in [0, 0.05) is 0 Å². The molecule has 0 aromatic rings. The molecule has 2 rings (SSSR count). The van der Waals surface area contributed by atoms with E-state index in [9.17, 15) is 4.79 Å². The molecule has 2 aliphatic rings. The summed E-state index contributed by atoms with van der Waals surface area (Å²) in [6, 6.07) is 0. The molecule has 0 aromatic heterocycles. The molecular weight excluding hydrogens is 82.0 g/mol. The Morgan fingerprint density at radius 2 is 2.50 bits per heavy atom. The van der Waals surface area contributed by atoms with Crippen molar-refractivity contribution >= 4 is 0 Å². The van der Waals surface area contributed by atoms with Crippen molar-refractivity contribution in [3.05, 3.63) is 21.3 Å². The van der Waals surface area contributed by atoms with Gasteiger partial charge in [0.25, 0.3) is 11.0 Å². The van der Waals surface area contributed by atoms with Gasteiger partial charge in [0.1, 0.15) is 0 Å². The van der Waals surface area contributed by atoms with Crippen LogP contribution in [-0.2, 0) is 0 Å². The van der Waals surface area contributed by atoms with E-state index in [1.807, 2.05) is 0 Å². The number of oxazole rings is 1. The molecule has 1 N–H and O–H groups in total. The summed E-state index contributed by atoms with van der Waals surface area (Å²) in [4.78, 5) is 12.4. The predicted molar refractivity (Wildman–Crippen MR) is 17.0 cm³/mol. The van der Waals surface area contributed by atoms with Gasteiger partial charge in [-0.3, -0.25) is 9.78 Å². The first kappa shape index (κ1) is 2.23. The number of H-pyrrole nitrogens is 1. The standard InChI is InChI=1S/C3HNO2/c5-2-1-3(4-2)6-1/h(H,4,5). The molecule has 3 nitrogen and oxygen atoms in total. The highest BCUT2D eigenvalue weighted by Gasteiger charge is 2.10. The zero-order valence-corrected chi connectivity index (χ0v) is 2.82. The number of hydrogen-bond acceptors (Lipinski definition) is 2. The van der Waals surface area contributed by atoms with E-state index in [0.29, 0.717) is 11.0 Å². The highest BCUT2D eigenvalue weighted by atomic mass is 16.4. The second-order valence-electron chi connectivity index (χ2n) is 1.21. The van der Waals surface area contributed by atoms with Crippen molar-refractivity contribution in [3.8, 4) is 0 Å². The summed E-state index contributed by atoms with van der Waals surface area (Å²) in [6.07, 6.45) is 0. The van der Waals surface area contributed by atoms with E-state index in [1.54, 1.807) is 0 Å². The third-order valence-electron chi connectivity index (χ3n) is 0.802. The van der Waals surface area contributed by atoms with Gasteiger partial charge in [-0.15, -0.1) is 0 Å². The van der Waals surface area contributed by atoms with Gasteiger partial charge in [-0.05, 0) is 0 Å². The zero-order valence-electron chi connectivity index (χ0n) is 2.82. The van der Waals surface area contributed by atoms with Gasteiger partial charge in [0.15, 0.2) is 0 Å². The lowest BCUT2D eigenvalue weighted by Crippen LogP contribution is -2.04. The minimum absolute atomic E-state index is 0.0787. The molecule has 0 atom stereocenters. The molecule has 30 valence electrons. The van der Waals surface area contributed by atoms with Crippen molar-refractivity contribution in [3.63, 3.8) is 0 Å². The van der Waals surface area contributed by atoms with Gasteiger partial charge in [-0.2, -0.15) is 0 Å². The maximum absolute atomic E-state index is 9.98. The van der Waals surface area contributed by atoms with Gasteiger partial charge >= 0.3 is 0 Å². The Balaban J connectivity index is 3.43. The van der Waals surface area contributed by atoms with Crippen LogP contribution in [0, 0.1) is 11.0 Å². The second kappa shape index (κ2) is 0.363. The molecule has 0 unspecified atom stereocenters. The smallest absolute Gasteiger partial charge is 0.299 e. The lowest BCUT2D eigenvalue weighted by molar-refractivity contribution is 0.643. The van der Waals surface area contributed by atoms with E-state index in [1.165, 1.54) is 0 Å². The molecule has 0 aromatic carbocycles. The number of nitrogens with one attached hydrogen (secondary N) is 1. The number of aromatic amines is 1. The summed E-state index contributed by atoms with van der Waals surface area (Å²) >= 11 is 0. The summed E-state index contributed by atoms with van der Waals surface area (Å²) in [5, 5.41) is 0. The van der Waals surface area contributed by atoms with Crippen LogP contribution in [0.15, 0.2) is 9.21 Å². The number of aromatic nitrogens is 1. The van der Waals surface area contributed by atoms with Gasteiger partial charge in [0.05, 0.1) is 0 Å². The average Bonchev–Trinajstić information content (AvgIpc) is 2.12.